The van der Waals surface area contributed by atoms with E-state index in [1.807, 2.05) is 0 Å². The highest BCUT2D eigenvalue weighted by Gasteiger charge is 2.26. The van der Waals surface area contributed by atoms with Crippen molar-refractivity contribution in [2.75, 3.05) is 7.05 Å². The normalized spacial score (nSPS) is 11.6. The predicted octanol–water partition coefficient (Wildman–Crippen LogP) is 1.96. The number of hydrogen-bond donors (Lipinski definition) is 1. The summed E-state index contributed by atoms with van der Waals surface area (Å²) in [5.74, 6) is -0.684. The maximum atomic E-state index is 14.1. The Kier molecular flexibility index (Phi) is 4.41. The van der Waals surface area contributed by atoms with Crippen LogP contribution in [0.1, 0.15) is 5.56 Å². The molecule has 8 heteroatoms. The Balaban J connectivity index is 2.23. The quantitative estimate of drug-likeness (QED) is 0.764. The van der Waals surface area contributed by atoms with Crippen LogP contribution in [0.3, 0.4) is 0 Å². The van der Waals surface area contributed by atoms with Gasteiger partial charge in [0.15, 0.2) is 16.7 Å². The first kappa shape index (κ1) is 16.3. The molecule has 0 fully saturated rings. The summed E-state index contributed by atoms with van der Waals surface area (Å²) in [5, 5.41) is 2.76. The molecule has 0 spiro atoms. The first-order valence-corrected chi connectivity index (χ1v) is 8.65. The lowest BCUT2D eigenvalue weighted by atomic mass is 10.3. The van der Waals surface area contributed by atoms with E-state index in [0.717, 1.165) is 0 Å². The van der Waals surface area contributed by atoms with Crippen molar-refractivity contribution in [2.45, 2.75) is 16.6 Å². The summed E-state index contributed by atoms with van der Waals surface area (Å²) in [6, 6.07) is 8.79. The lowest BCUT2D eigenvalue weighted by molar-refractivity contribution is 0.578. The van der Waals surface area contributed by atoms with Gasteiger partial charge in [0, 0.05) is 25.1 Å². The van der Waals surface area contributed by atoms with Crippen LogP contribution in [0.15, 0.2) is 65.0 Å². The molecule has 0 aliphatic rings. The van der Waals surface area contributed by atoms with Crippen LogP contribution in [-0.2, 0) is 16.4 Å². The Hall–Kier alpha value is -2.58. The molecular weight excluding hydrogens is 331 g/mol. The smallest absolute Gasteiger partial charge is 0.239 e. The fourth-order valence-corrected chi connectivity index (χ4v) is 3.71. The molecule has 3 aromatic rings. The largest absolute Gasteiger partial charge is 0.316 e. The number of nitrogens with zero attached hydrogens (tertiary/aromatic N) is 3. The van der Waals surface area contributed by atoms with Gasteiger partial charge in [-0.3, -0.25) is 4.57 Å². The van der Waals surface area contributed by atoms with Gasteiger partial charge in [-0.15, -0.1) is 0 Å². The number of aromatic nitrogens is 3. The standard InChI is InChI=1S/C16H15FN4O2S/c1-18-10-12-9-15(24(22,23)14-6-2-3-7-19-14)21(11-12)16-13(17)5-4-8-20-16/h2-9,11,18H,10H2,1H3. The third-order valence-electron chi connectivity index (χ3n) is 3.38. The maximum absolute atomic E-state index is 14.1. The van der Waals surface area contributed by atoms with Gasteiger partial charge in [-0.05, 0) is 42.9 Å². The van der Waals surface area contributed by atoms with Crippen LogP contribution in [0.25, 0.3) is 5.82 Å². The molecule has 0 atom stereocenters. The zero-order chi connectivity index (χ0) is 17.2. The summed E-state index contributed by atoms with van der Waals surface area (Å²) in [4.78, 5) is 7.88. The Morgan fingerprint density at radius 1 is 1.17 bits per heavy atom. The molecule has 124 valence electrons. The summed E-state index contributed by atoms with van der Waals surface area (Å²) in [7, 11) is -2.17. The van der Waals surface area contributed by atoms with Crippen LogP contribution in [0, 0.1) is 5.82 Å². The molecule has 6 nitrogen and oxygen atoms in total. The van der Waals surface area contributed by atoms with Crippen LogP contribution in [0.2, 0.25) is 0 Å². The predicted molar refractivity (Wildman–Crippen MR) is 86.0 cm³/mol. The fourth-order valence-electron chi connectivity index (χ4n) is 2.34. The molecular formula is C16H15FN4O2S. The molecule has 0 unspecified atom stereocenters. The number of rotatable bonds is 5. The SMILES string of the molecule is CNCc1cc(S(=O)(=O)c2ccccn2)n(-c2ncccc2F)c1. The van der Waals surface area contributed by atoms with Crippen LogP contribution in [0.4, 0.5) is 4.39 Å². The Morgan fingerprint density at radius 2 is 1.96 bits per heavy atom. The first-order chi connectivity index (χ1) is 11.5. The van der Waals surface area contributed by atoms with Crippen molar-refractivity contribution in [3.63, 3.8) is 0 Å². The van der Waals surface area contributed by atoms with Gasteiger partial charge in [0.2, 0.25) is 9.84 Å². The molecule has 0 saturated carbocycles. The van der Waals surface area contributed by atoms with E-state index in [1.54, 1.807) is 25.4 Å². The van der Waals surface area contributed by atoms with E-state index >= 15 is 0 Å². The second-order valence-corrected chi connectivity index (χ2v) is 6.91. The summed E-state index contributed by atoms with van der Waals surface area (Å²) in [5.41, 5.74) is 0.692. The van der Waals surface area contributed by atoms with E-state index < -0.39 is 15.7 Å². The lowest BCUT2D eigenvalue weighted by Gasteiger charge is -2.09. The fraction of sp³-hybridized carbons (Fsp3) is 0.125. The van der Waals surface area contributed by atoms with Gasteiger partial charge in [-0.1, -0.05) is 6.07 Å². The molecule has 0 bridgehead atoms. The van der Waals surface area contributed by atoms with Crippen molar-refractivity contribution < 1.29 is 12.8 Å². The van der Waals surface area contributed by atoms with Crippen LogP contribution >= 0.6 is 0 Å². The lowest BCUT2D eigenvalue weighted by Crippen LogP contribution is -2.11. The van der Waals surface area contributed by atoms with E-state index in [9.17, 15) is 12.8 Å². The van der Waals surface area contributed by atoms with E-state index in [2.05, 4.69) is 15.3 Å². The minimum atomic E-state index is -3.91. The number of halogens is 1. The van der Waals surface area contributed by atoms with Gasteiger partial charge in [0.25, 0.3) is 0 Å². The minimum absolute atomic E-state index is 0.0747. The van der Waals surface area contributed by atoms with Gasteiger partial charge in [0.05, 0.1) is 0 Å². The average Bonchev–Trinajstić information content (AvgIpc) is 3.01. The van der Waals surface area contributed by atoms with Gasteiger partial charge < -0.3 is 5.32 Å². The van der Waals surface area contributed by atoms with Gasteiger partial charge in [0.1, 0.15) is 5.03 Å². The topological polar surface area (TPSA) is 76.9 Å². The average molecular weight is 346 g/mol. The summed E-state index contributed by atoms with van der Waals surface area (Å²) in [6.07, 6.45) is 4.36. The molecule has 3 heterocycles. The summed E-state index contributed by atoms with van der Waals surface area (Å²) in [6.45, 7) is 0.437. The molecule has 0 saturated heterocycles. The first-order valence-electron chi connectivity index (χ1n) is 7.17. The highest BCUT2D eigenvalue weighted by Crippen LogP contribution is 2.25. The second-order valence-electron chi connectivity index (χ2n) is 5.07. The molecule has 0 radical (unpaired) electrons. The Morgan fingerprint density at radius 3 is 2.62 bits per heavy atom. The molecule has 0 aliphatic carbocycles. The third-order valence-corrected chi connectivity index (χ3v) is 5.04. The zero-order valence-corrected chi connectivity index (χ0v) is 13.7. The Bertz CT molecular complexity index is 955. The van der Waals surface area contributed by atoms with E-state index in [1.165, 1.54) is 41.2 Å². The van der Waals surface area contributed by atoms with Gasteiger partial charge >= 0.3 is 0 Å². The van der Waals surface area contributed by atoms with Crippen molar-refractivity contribution in [2.24, 2.45) is 0 Å². The zero-order valence-electron chi connectivity index (χ0n) is 12.8. The van der Waals surface area contributed by atoms with Crippen molar-refractivity contribution in [1.29, 1.82) is 0 Å². The highest BCUT2D eigenvalue weighted by molar-refractivity contribution is 7.91. The molecule has 24 heavy (non-hydrogen) atoms. The van der Waals surface area contributed by atoms with E-state index in [0.29, 0.717) is 12.1 Å². The van der Waals surface area contributed by atoms with Crippen LogP contribution in [-0.4, -0.2) is 30.0 Å². The van der Waals surface area contributed by atoms with Crippen LogP contribution < -0.4 is 5.32 Å². The van der Waals surface area contributed by atoms with Crippen molar-refractivity contribution in [3.05, 3.63) is 66.4 Å². The molecule has 0 aromatic carbocycles. The van der Waals surface area contributed by atoms with Crippen molar-refractivity contribution in [1.82, 2.24) is 19.9 Å². The van der Waals surface area contributed by atoms with E-state index in [-0.39, 0.29) is 15.9 Å². The Labute approximate surface area is 138 Å². The molecule has 1 N–H and O–H groups in total. The number of nitrogens with one attached hydrogen (secondary N) is 1. The molecule has 3 rings (SSSR count). The van der Waals surface area contributed by atoms with Gasteiger partial charge in [-0.2, -0.15) is 0 Å². The highest BCUT2D eigenvalue weighted by atomic mass is 32.2. The minimum Gasteiger partial charge on any atom is -0.316 e. The number of pyridine rings is 2. The molecule has 0 aliphatic heterocycles. The second kappa shape index (κ2) is 6.50. The monoisotopic (exact) mass is 346 g/mol. The van der Waals surface area contributed by atoms with Crippen LogP contribution in [0.5, 0.6) is 0 Å². The summed E-state index contributed by atoms with van der Waals surface area (Å²) < 4.78 is 41.2. The molecule has 3 aromatic heterocycles. The number of sulfone groups is 1. The summed E-state index contributed by atoms with van der Waals surface area (Å²) >= 11 is 0. The third kappa shape index (κ3) is 2.93. The van der Waals surface area contributed by atoms with Gasteiger partial charge in [-0.25, -0.2) is 22.8 Å². The van der Waals surface area contributed by atoms with E-state index in [4.69, 9.17) is 0 Å². The molecule has 0 amide bonds. The van der Waals surface area contributed by atoms with Crippen molar-refractivity contribution >= 4 is 9.84 Å². The maximum Gasteiger partial charge on any atom is 0.239 e. The number of hydrogen-bond acceptors (Lipinski definition) is 5. The van der Waals surface area contributed by atoms with Crippen molar-refractivity contribution in [3.8, 4) is 5.82 Å².